The number of nitriles is 1. The van der Waals surface area contributed by atoms with Crippen LogP contribution >= 0.6 is 0 Å². The van der Waals surface area contributed by atoms with Crippen molar-refractivity contribution in [3.63, 3.8) is 0 Å². The van der Waals surface area contributed by atoms with E-state index in [4.69, 9.17) is 5.26 Å². The van der Waals surface area contributed by atoms with Crippen LogP contribution in [-0.4, -0.2) is 30.7 Å². The lowest BCUT2D eigenvalue weighted by Gasteiger charge is -2.33. The van der Waals surface area contributed by atoms with Gasteiger partial charge in [0.2, 0.25) is 0 Å². The van der Waals surface area contributed by atoms with Gasteiger partial charge in [0.15, 0.2) is 0 Å². The summed E-state index contributed by atoms with van der Waals surface area (Å²) < 4.78 is 40.2. The third-order valence-electron chi connectivity index (χ3n) is 6.54. The second kappa shape index (κ2) is 14.1. The average Bonchev–Trinajstić information content (AvgIpc) is 2.82. The summed E-state index contributed by atoms with van der Waals surface area (Å²) >= 11 is 0. The molecule has 0 aromatic heterocycles. The van der Waals surface area contributed by atoms with Crippen molar-refractivity contribution in [1.82, 2.24) is 4.90 Å². The molecule has 33 heavy (non-hydrogen) atoms. The third kappa shape index (κ3) is 9.21. The Morgan fingerprint density at radius 3 is 2.12 bits per heavy atom. The van der Waals surface area contributed by atoms with Crippen LogP contribution in [0.4, 0.5) is 13.2 Å². The quantitative estimate of drug-likeness (QED) is 0.388. The summed E-state index contributed by atoms with van der Waals surface area (Å²) in [5, 5.41) is 7.32. The molecule has 0 radical (unpaired) electrons. The van der Waals surface area contributed by atoms with E-state index in [1.165, 1.54) is 18.1 Å². The molecule has 1 fully saturated rings. The Labute approximate surface area is 197 Å². The second-order valence-corrected chi connectivity index (χ2v) is 8.78. The van der Waals surface area contributed by atoms with Crippen molar-refractivity contribution >= 4 is 0 Å². The lowest BCUT2D eigenvalue weighted by molar-refractivity contribution is -0.187. The van der Waals surface area contributed by atoms with Gasteiger partial charge in [-0.1, -0.05) is 74.4 Å². The van der Waals surface area contributed by atoms with Crippen LogP contribution in [0.2, 0.25) is 0 Å². The smallest absolute Gasteiger partial charge is 0.303 e. The molecular formula is C28H37F3N2. The standard InChI is InChI=1S/C26H34F3N.C2H3N/c1-2-30(20-18-21-9-4-3-5-10-21)19-8-11-22-14-16-23(17-15-22)24-12-6-7-13-25(24)26(27,28)29;1-2-3/h3-5,9-10,14-17,24-25H,2,6-8,11-13,18-20H2,1H3;1H3. The van der Waals surface area contributed by atoms with Gasteiger partial charge in [-0.3, -0.25) is 0 Å². The summed E-state index contributed by atoms with van der Waals surface area (Å²) in [4.78, 5) is 2.47. The lowest BCUT2D eigenvalue weighted by atomic mass is 9.75. The van der Waals surface area contributed by atoms with E-state index in [2.05, 4.69) is 36.1 Å². The highest BCUT2D eigenvalue weighted by atomic mass is 19.4. The van der Waals surface area contributed by atoms with Gasteiger partial charge in [-0.2, -0.15) is 18.4 Å². The van der Waals surface area contributed by atoms with Crippen molar-refractivity contribution in [1.29, 1.82) is 5.26 Å². The van der Waals surface area contributed by atoms with Gasteiger partial charge in [0, 0.05) is 13.5 Å². The summed E-state index contributed by atoms with van der Waals surface area (Å²) in [6.45, 7) is 6.76. The second-order valence-electron chi connectivity index (χ2n) is 8.78. The van der Waals surface area contributed by atoms with E-state index < -0.39 is 12.1 Å². The van der Waals surface area contributed by atoms with Gasteiger partial charge in [0.1, 0.15) is 0 Å². The number of benzene rings is 2. The van der Waals surface area contributed by atoms with Crippen LogP contribution in [0.15, 0.2) is 54.6 Å². The molecule has 1 aliphatic carbocycles. The first-order valence-corrected chi connectivity index (χ1v) is 12.1. The number of alkyl halides is 3. The minimum atomic E-state index is -4.09. The molecule has 2 nitrogen and oxygen atoms in total. The van der Waals surface area contributed by atoms with Crippen molar-refractivity contribution < 1.29 is 13.2 Å². The first-order valence-electron chi connectivity index (χ1n) is 12.1. The molecule has 0 heterocycles. The molecule has 180 valence electrons. The van der Waals surface area contributed by atoms with Crippen LogP contribution in [0, 0.1) is 17.2 Å². The minimum absolute atomic E-state index is 0.270. The Morgan fingerprint density at radius 1 is 0.909 bits per heavy atom. The third-order valence-corrected chi connectivity index (χ3v) is 6.54. The predicted molar refractivity (Wildman–Crippen MR) is 129 cm³/mol. The number of likely N-dealkylation sites (N-methyl/N-ethyl adjacent to an activating group) is 1. The van der Waals surface area contributed by atoms with E-state index in [9.17, 15) is 13.2 Å². The molecule has 0 spiro atoms. The number of halogens is 3. The maximum atomic E-state index is 13.4. The zero-order valence-corrected chi connectivity index (χ0v) is 20.0. The van der Waals surface area contributed by atoms with Crippen LogP contribution < -0.4 is 0 Å². The molecule has 3 rings (SSSR count). The maximum absolute atomic E-state index is 13.4. The first-order chi connectivity index (χ1) is 15.9. The Bertz CT molecular complexity index is 825. The summed E-state index contributed by atoms with van der Waals surface area (Å²) in [7, 11) is 0. The number of hydrogen-bond acceptors (Lipinski definition) is 2. The zero-order chi connectivity index (χ0) is 24.1. The highest BCUT2D eigenvalue weighted by Crippen LogP contribution is 2.46. The van der Waals surface area contributed by atoms with Crippen molar-refractivity contribution in [2.75, 3.05) is 19.6 Å². The first kappa shape index (κ1) is 26.9. The van der Waals surface area contributed by atoms with E-state index in [1.807, 2.05) is 30.3 Å². The predicted octanol–water partition coefficient (Wildman–Crippen LogP) is 7.55. The van der Waals surface area contributed by atoms with Gasteiger partial charge < -0.3 is 4.90 Å². The van der Waals surface area contributed by atoms with E-state index in [-0.39, 0.29) is 12.3 Å². The van der Waals surface area contributed by atoms with Crippen LogP contribution in [-0.2, 0) is 12.8 Å². The minimum Gasteiger partial charge on any atom is -0.303 e. The van der Waals surface area contributed by atoms with Crippen molar-refractivity contribution in [3.05, 3.63) is 71.3 Å². The van der Waals surface area contributed by atoms with Crippen molar-refractivity contribution in [2.24, 2.45) is 5.92 Å². The van der Waals surface area contributed by atoms with Gasteiger partial charge in [-0.25, -0.2) is 0 Å². The summed E-state index contributed by atoms with van der Waals surface area (Å²) in [6, 6.07) is 20.3. The molecule has 0 saturated heterocycles. The Hall–Kier alpha value is -2.32. The van der Waals surface area contributed by atoms with Crippen molar-refractivity contribution in [3.8, 4) is 6.07 Å². The number of nitrogens with zero attached hydrogens (tertiary/aromatic N) is 2. The van der Waals surface area contributed by atoms with E-state index in [1.54, 1.807) is 6.07 Å². The molecule has 0 bridgehead atoms. The van der Waals surface area contributed by atoms with E-state index in [0.29, 0.717) is 12.8 Å². The Balaban J connectivity index is 0.00000122. The normalized spacial score (nSPS) is 18.3. The molecule has 1 aliphatic rings. The Morgan fingerprint density at radius 2 is 1.52 bits per heavy atom. The molecule has 2 aromatic carbocycles. The van der Waals surface area contributed by atoms with Crippen molar-refractivity contribution in [2.45, 2.75) is 70.9 Å². The number of rotatable bonds is 9. The highest BCUT2D eigenvalue weighted by Gasteiger charge is 2.45. The fourth-order valence-corrected chi connectivity index (χ4v) is 4.72. The van der Waals surface area contributed by atoms with E-state index >= 15 is 0 Å². The van der Waals surface area contributed by atoms with Gasteiger partial charge >= 0.3 is 6.18 Å². The fraction of sp³-hybridized carbons (Fsp3) is 0.536. The zero-order valence-electron chi connectivity index (χ0n) is 20.0. The molecule has 2 atom stereocenters. The largest absolute Gasteiger partial charge is 0.392 e. The summed E-state index contributed by atoms with van der Waals surface area (Å²) in [5.74, 6) is -1.55. The van der Waals surface area contributed by atoms with Crippen LogP contribution in [0.5, 0.6) is 0 Å². The van der Waals surface area contributed by atoms with Gasteiger partial charge in [-0.05, 0) is 67.8 Å². The molecule has 0 aliphatic heterocycles. The number of hydrogen-bond donors (Lipinski definition) is 0. The topological polar surface area (TPSA) is 27.0 Å². The SMILES string of the molecule is CC#N.CCN(CCCc1ccc(C2CCCCC2C(F)(F)F)cc1)CCc1ccccc1. The molecule has 2 unspecified atom stereocenters. The van der Waals surface area contributed by atoms with E-state index in [0.717, 1.165) is 50.9 Å². The van der Waals surface area contributed by atoms with Gasteiger partial charge in [-0.15, -0.1) is 0 Å². The molecule has 1 saturated carbocycles. The summed E-state index contributed by atoms with van der Waals surface area (Å²) in [6.07, 6.45) is 1.51. The van der Waals surface area contributed by atoms with Crippen LogP contribution in [0.1, 0.15) is 68.6 Å². The maximum Gasteiger partial charge on any atom is 0.392 e. The van der Waals surface area contributed by atoms with Crippen LogP contribution in [0.3, 0.4) is 0 Å². The van der Waals surface area contributed by atoms with Crippen LogP contribution in [0.25, 0.3) is 0 Å². The summed E-state index contributed by atoms with van der Waals surface area (Å²) in [5.41, 5.74) is 3.45. The molecule has 0 amide bonds. The monoisotopic (exact) mass is 458 g/mol. The lowest BCUT2D eigenvalue weighted by Crippen LogP contribution is -2.31. The molecule has 5 heteroatoms. The molecule has 2 aromatic rings. The average molecular weight is 459 g/mol. The van der Waals surface area contributed by atoms with Gasteiger partial charge in [0.05, 0.1) is 12.0 Å². The fourth-order valence-electron chi connectivity index (χ4n) is 4.72. The highest BCUT2D eigenvalue weighted by molar-refractivity contribution is 5.27. The molecule has 0 N–H and O–H groups in total. The molecular weight excluding hydrogens is 421 g/mol. The number of aryl methyl sites for hydroxylation is 1. The Kier molecular flexibility index (Phi) is 11.5. The van der Waals surface area contributed by atoms with Gasteiger partial charge in [0.25, 0.3) is 0 Å².